The van der Waals surface area contributed by atoms with E-state index in [0.29, 0.717) is 5.69 Å². The van der Waals surface area contributed by atoms with Crippen LogP contribution in [0.4, 0.5) is 5.69 Å². The maximum absolute atomic E-state index is 5.92. The lowest BCUT2D eigenvalue weighted by atomic mass is 10.3. The number of nitrogens with zero attached hydrogens (tertiary/aromatic N) is 3. The molecule has 3 rings (SSSR count). The highest BCUT2D eigenvalue weighted by molar-refractivity contribution is 5.59. The van der Waals surface area contributed by atoms with Crippen LogP contribution in [0.25, 0.3) is 17.1 Å². The molecular weight excluding hydrogens is 224 g/mol. The van der Waals surface area contributed by atoms with Crippen LogP contribution in [0.1, 0.15) is 0 Å². The van der Waals surface area contributed by atoms with Crippen molar-refractivity contribution in [3.63, 3.8) is 0 Å². The van der Waals surface area contributed by atoms with E-state index in [2.05, 4.69) is 10.1 Å². The zero-order valence-corrected chi connectivity index (χ0v) is 9.69. The molecule has 0 amide bonds. The minimum Gasteiger partial charge on any atom is -0.397 e. The lowest BCUT2D eigenvalue weighted by Gasteiger charge is -2.04. The van der Waals surface area contributed by atoms with E-state index in [0.717, 1.165) is 17.1 Å². The standard InChI is InChI=1S/C14H12N4/c15-11-5-1-2-7-14(11)18-10-8-13(17-18)12-6-3-4-9-16-12/h1-10H,15H2. The average molecular weight is 236 g/mol. The van der Waals surface area contributed by atoms with E-state index in [1.165, 1.54) is 0 Å². The maximum atomic E-state index is 5.92. The number of nitrogens with two attached hydrogens (primary N) is 1. The van der Waals surface area contributed by atoms with Crippen LogP contribution in [0.5, 0.6) is 0 Å². The molecule has 2 N–H and O–H groups in total. The van der Waals surface area contributed by atoms with Gasteiger partial charge in [0.1, 0.15) is 5.69 Å². The number of hydrogen-bond donors (Lipinski definition) is 1. The molecule has 0 atom stereocenters. The smallest absolute Gasteiger partial charge is 0.111 e. The first-order chi connectivity index (χ1) is 8.84. The van der Waals surface area contributed by atoms with Gasteiger partial charge in [-0.2, -0.15) is 5.10 Å². The molecule has 0 fully saturated rings. The summed E-state index contributed by atoms with van der Waals surface area (Å²) in [5.41, 5.74) is 9.19. The zero-order chi connectivity index (χ0) is 12.4. The van der Waals surface area contributed by atoms with Crippen molar-refractivity contribution in [2.24, 2.45) is 0 Å². The SMILES string of the molecule is Nc1ccccc1-n1ccc(-c2ccccn2)n1. The number of pyridine rings is 1. The van der Waals surface area contributed by atoms with Crippen molar-refractivity contribution in [3.8, 4) is 17.1 Å². The largest absolute Gasteiger partial charge is 0.397 e. The van der Waals surface area contributed by atoms with Gasteiger partial charge in [0.25, 0.3) is 0 Å². The molecule has 2 aromatic heterocycles. The van der Waals surface area contributed by atoms with Crippen molar-refractivity contribution in [3.05, 3.63) is 60.9 Å². The fraction of sp³-hybridized carbons (Fsp3) is 0. The van der Waals surface area contributed by atoms with Crippen molar-refractivity contribution in [1.82, 2.24) is 14.8 Å². The normalized spacial score (nSPS) is 10.4. The van der Waals surface area contributed by atoms with Crippen LogP contribution in [0.3, 0.4) is 0 Å². The Bertz CT molecular complexity index is 658. The molecule has 0 unspecified atom stereocenters. The van der Waals surface area contributed by atoms with Gasteiger partial charge >= 0.3 is 0 Å². The van der Waals surface area contributed by atoms with Crippen LogP contribution in [-0.4, -0.2) is 14.8 Å². The van der Waals surface area contributed by atoms with Gasteiger partial charge in [-0.3, -0.25) is 4.98 Å². The molecular formula is C14H12N4. The second-order valence-electron chi connectivity index (χ2n) is 3.92. The summed E-state index contributed by atoms with van der Waals surface area (Å²) in [7, 11) is 0. The van der Waals surface area contributed by atoms with Crippen LogP contribution in [0, 0.1) is 0 Å². The summed E-state index contributed by atoms with van der Waals surface area (Å²) in [4.78, 5) is 4.27. The summed E-state index contributed by atoms with van der Waals surface area (Å²) < 4.78 is 1.76. The summed E-state index contributed by atoms with van der Waals surface area (Å²) in [5, 5.41) is 4.49. The van der Waals surface area contributed by atoms with E-state index in [1.807, 2.05) is 54.7 Å². The average Bonchev–Trinajstić information content (AvgIpc) is 2.90. The highest BCUT2D eigenvalue weighted by atomic mass is 15.3. The van der Waals surface area contributed by atoms with Crippen LogP contribution in [0.15, 0.2) is 60.9 Å². The Balaban J connectivity index is 2.03. The molecule has 0 saturated heterocycles. The maximum Gasteiger partial charge on any atom is 0.111 e. The molecule has 0 bridgehead atoms. The Kier molecular flexibility index (Phi) is 2.53. The number of benzene rings is 1. The predicted octanol–water partition coefficient (Wildman–Crippen LogP) is 2.52. The molecule has 0 saturated carbocycles. The van der Waals surface area contributed by atoms with Gasteiger partial charge in [-0.15, -0.1) is 0 Å². The Morgan fingerprint density at radius 1 is 0.889 bits per heavy atom. The van der Waals surface area contributed by atoms with E-state index >= 15 is 0 Å². The zero-order valence-electron chi connectivity index (χ0n) is 9.69. The van der Waals surface area contributed by atoms with E-state index in [9.17, 15) is 0 Å². The van der Waals surface area contributed by atoms with Crippen molar-refractivity contribution in [2.45, 2.75) is 0 Å². The van der Waals surface area contributed by atoms with Crippen molar-refractivity contribution >= 4 is 5.69 Å². The third kappa shape index (κ3) is 1.84. The van der Waals surface area contributed by atoms with Crippen molar-refractivity contribution in [2.75, 3.05) is 5.73 Å². The van der Waals surface area contributed by atoms with Crippen molar-refractivity contribution in [1.29, 1.82) is 0 Å². The molecule has 1 aromatic carbocycles. The van der Waals surface area contributed by atoms with Crippen LogP contribution in [-0.2, 0) is 0 Å². The number of hydrogen-bond acceptors (Lipinski definition) is 3. The number of anilines is 1. The minimum atomic E-state index is 0.702. The summed E-state index contributed by atoms with van der Waals surface area (Å²) >= 11 is 0. The van der Waals surface area contributed by atoms with Crippen molar-refractivity contribution < 1.29 is 0 Å². The lowest BCUT2D eigenvalue weighted by Crippen LogP contribution is -2.00. The van der Waals surface area contributed by atoms with Gasteiger partial charge < -0.3 is 5.73 Å². The molecule has 18 heavy (non-hydrogen) atoms. The van der Waals surface area contributed by atoms with Crippen LogP contribution in [0.2, 0.25) is 0 Å². The summed E-state index contributed by atoms with van der Waals surface area (Å²) in [6.45, 7) is 0. The van der Waals surface area contributed by atoms with Gasteiger partial charge in [-0.25, -0.2) is 4.68 Å². The molecule has 4 heteroatoms. The van der Waals surface area contributed by atoms with Gasteiger partial charge in [0.15, 0.2) is 0 Å². The lowest BCUT2D eigenvalue weighted by molar-refractivity contribution is 0.885. The summed E-state index contributed by atoms with van der Waals surface area (Å²) in [6, 6.07) is 15.3. The first-order valence-corrected chi connectivity index (χ1v) is 5.66. The number of aromatic nitrogens is 3. The molecule has 0 aliphatic carbocycles. The molecule has 0 radical (unpaired) electrons. The molecule has 4 nitrogen and oxygen atoms in total. The quantitative estimate of drug-likeness (QED) is 0.695. The topological polar surface area (TPSA) is 56.7 Å². The third-order valence-electron chi connectivity index (χ3n) is 2.70. The second kappa shape index (κ2) is 4.33. The Hall–Kier alpha value is -2.62. The molecule has 0 aliphatic rings. The van der Waals surface area contributed by atoms with Crippen LogP contribution < -0.4 is 5.73 Å². The third-order valence-corrected chi connectivity index (χ3v) is 2.70. The highest BCUT2D eigenvalue weighted by Gasteiger charge is 2.05. The number of nitrogen functional groups attached to an aromatic ring is 1. The van der Waals surface area contributed by atoms with Crippen LogP contribution >= 0.6 is 0 Å². The van der Waals surface area contributed by atoms with Gasteiger partial charge in [0.05, 0.1) is 17.1 Å². The minimum absolute atomic E-state index is 0.702. The Morgan fingerprint density at radius 2 is 1.72 bits per heavy atom. The van der Waals surface area contributed by atoms with E-state index in [4.69, 9.17) is 5.73 Å². The monoisotopic (exact) mass is 236 g/mol. The number of para-hydroxylation sites is 2. The predicted molar refractivity (Wildman–Crippen MR) is 71.2 cm³/mol. The first kappa shape index (κ1) is 10.5. The fourth-order valence-corrected chi connectivity index (χ4v) is 1.81. The highest BCUT2D eigenvalue weighted by Crippen LogP contribution is 2.19. The molecule has 88 valence electrons. The Labute approximate surface area is 105 Å². The Morgan fingerprint density at radius 3 is 2.50 bits per heavy atom. The number of rotatable bonds is 2. The summed E-state index contributed by atoms with van der Waals surface area (Å²) in [5.74, 6) is 0. The van der Waals surface area contributed by atoms with E-state index in [-0.39, 0.29) is 0 Å². The first-order valence-electron chi connectivity index (χ1n) is 5.66. The molecule has 2 heterocycles. The van der Waals surface area contributed by atoms with E-state index in [1.54, 1.807) is 10.9 Å². The molecule has 0 spiro atoms. The van der Waals surface area contributed by atoms with Gasteiger partial charge in [-0.05, 0) is 30.3 Å². The fourth-order valence-electron chi connectivity index (χ4n) is 1.81. The molecule has 3 aromatic rings. The van der Waals surface area contributed by atoms with Gasteiger partial charge in [0, 0.05) is 12.4 Å². The second-order valence-corrected chi connectivity index (χ2v) is 3.92. The summed E-state index contributed by atoms with van der Waals surface area (Å²) in [6.07, 6.45) is 3.64. The molecule has 0 aliphatic heterocycles. The van der Waals surface area contributed by atoms with Gasteiger partial charge in [-0.1, -0.05) is 18.2 Å². The van der Waals surface area contributed by atoms with E-state index < -0.39 is 0 Å². The van der Waals surface area contributed by atoms with Gasteiger partial charge in [0.2, 0.25) is 0 Å².